The average molecular weight is 414 g/mol. The lowest BCUT2D eigenvalue weighted by Crippen LogP contribution is -2.50. The van der Waals surface area contributed by atoms with Gasteiger partial charge in [0.05, 0.1) is 0 Å². The van der Waals surface area contributed by atoms with Crippen molar-refractivity contribution in [2.24, 2.45) is 46.3 Å². The molecule has 0 aromatic heterocycles. The van der Waals surface area contributed by atoms with Crippen LogP contribution in [-0.2, 0) is 9.59 Å². The number of carbonyl (C=O) groups excluding carboxylic acids is 2. The number of carboxylic acids is 1. The number of rotatable bonds is 6. The van der Waals surface area contributed by atoms with Gasteiger partial charge in [-0.1, -0.05) is 46.1 Å². The van der Waals surface area contributed by atoms with Crippen LogP contribution in [0.2, 0.25) is 0 Å². The fourth-order valence-electron chi connectivity index (χ4n) is 8.60. The molecule has 0 unspecified atom stereocenters. The lowest BCUT2D eigenvalue weighted by molar-refractivity contribution is -0.311. The molecule has 8 atom stereocenters. The first-order valence-electron chi connectivity index (χ1n) is 12.6. The molecule has 0 aromatic carbocycles. The van der Waals surface area contributed by atoms with Crippen molar-refractivity contribution in [1.82, 2.24) is 0 Å². The van der Waals surface area contributed by atoms with Gasteiger partial charge < -0.3 is 9.90 Å². The number of fused-ring (bicyclic) bond motifs is 5. The van der Waals surface area contributed by atoms with E-state index in [1.807, 2.05) is 6.08 Å². The van der Waals surface area contributed by atoms with Crippen molar-refractivity contribution >= 4 is 11.8 Å². The molecule has 3 heteroatoms. The molecule has 0 bridgehead atoms. The summed E-state index contributed by atoms with van der Waals surface area (Å²) in [5, 5.41) is 11.0. The summed E-state index contributed by atoms with van der Waals surface area (Å²) in [5.74, 6) is 3.00. The van der Waals surface area contributed by atoms with Crippen LogP contribution in [0, 0.1) is 46.3 Å². The summed E-state index contributed by atoms with van der Waals surface area (Å²) in [5.41, 5.74) is 2.18. The Balaban J connectivity index is 1.44. The van der Waals surface area contributed by atoms with E-state index in [1.165, 1.54) is 37.7 Å². The molecule has 0 radical (unpaired) electrons. The molecular formula is C27H41O3-. The van der Waals surface area contributed by atoms with Crippen molar-refractivity contribution < 1.29 is 14.7 Å². The predicted octanol–water partition coefficient (Wildman–Crippen LogP) is 5.33. The van der Waals surface area contributed by atoms with Crippen LogP contribution in [-0.4, -0.2) is 11.8 Å². The van der Waals surface area contributed by atoms with E-state index in [4.69, 9.17) is 0 Å². The van der Waals surface area contributed by atoms with Crippen LogP contribution in [0.3, 0.4) is 0 Å². The number of hydrogen-bond donors (Lipinski definition) is 0. The van der Waals surface area contributed by atoms with Crippen molar-refractivity contribution in [3.05, 3.63) is 11.6 Å². The molecule has 3 nitrogen and oxygen atoms in total. The van der Waals surface area contributed by atoms with E-state index in [2.05, 4.69) is 20.8 Å². The summed E-state index contributed by atoms with van der Waals surface area (Å²) in [6.07, 6.45) is 14.5. The smallest absolute Gasteiger partial charge is 0.155 e. The van der Waals surface area contributed by atoms with E-state index in [0.29, 0.717) is 17.1 Å². The summed E-state index contributed by atoms with van der Waals surface area (Å²) < 4.78 is 0. The third-order valence-corrected chi connectivity index (χ3v) is 10.4. The van der Waals surface area contributed by atoms with Crippen LogP contribution in [0.1, 0.15) is 98.3 Å². The zero-order chi connectivity index (χ0) is 21.7. The van der Waals surface area contributed by atoms with Gasteiger partial charge in [0, 0.05) is 12.4 Å². The monoisotopic (exact) mass is 413 g/mol. The molecule has 3 fully saturated rings. The minimum absolute atomic E-state index is 0.267. The van der Waals surface area contributed by atoms with Gasteiger partial charge in [-0.3, -0.25) is 4.79 Å². The van der Waals surface area contributed by atoms with Crippen molar-refractivity contribution in [2.45, 2.75) is 98.3 Å². The van der Waals surface area contributed by atoms with Crippen LogP contribution in [0.25, 0.3) is 0 Å². The lowest BCUT2D eigenvalue weighted by Gasteiger charge is -2.58. The minimum Gasteiger partial charge on any atom is -0.550 e. The molecule has 0 spiro atoms. The van der Waals surface area contributed by atoms with Gasteiger partial charge in [0.2, 0.25) is 0 Å². The van der Waals surface area contributed by atoms with Gasteiger partial charge in [0.15, 0.2) is 5.78 Å². The molecule has 0 aliphatic heterocycles. The van der Waals surface area contributed by atoms with E-state index in [1.54, 1.807) is 6.92 Å². The molecule has 0 aromatic rings. The molecule has 0 amide bonds. The normalized spacial score (nSPS) is 42.5. The molecular weight excluding hydrogens is 372 g/mol. The largest absolute Gasteiger partial charge is 0.550 e. The molecule has 0 saturated heterocycles. The molecule has 30 heavy (non-hydrogen) atoms. The molecule has 4 aliphatic rings. The highest BCUT2D eigenvalue weighted by Crippen LogP contribution is 2.67. The minimum atomic E-state index is -0.905. The van der Waals surface area contributed by atoms with Gasteiger partial charge >= 0.3 is 0 Å². The van der Waals surface area contributed by atoms with Gasteiger partial charge in [-0.2, -0.15) is 0 Å². The summed E-state index contributed by atoms with van der Waals surface area (Å²) in [6, 6.07) is 0. The zero-order valence-corrected chi connectivity index (χ0v) is 19.5. The summed E-state index contributed by atoms with van der Waals surface area (Å²) in [7, 11) is 0. The third-order valence-electron chi connectivity index (χ3n) is 10.4. The Morgan fingerprint density at radius 1 is 1.07 bits per heavy atom. The molecule has 4 rings (SSSR count). The number of ketones is 1. The van der Waals surface area contributed by atoms with Crippen LogP contribution >= 0.6 is 0 Å². The average Bonchev–Trinajstić information content (AvgIpc) is 3.05. The van der Waals surface area contributed by atoms with E-state index in [0.717, 1.165) is 62.2 Å². The van der Waals surface area contributed by atoms with Crippen molar-refractivity contribution in [3.63, 3.8) is 0 Å². The Morgan fingerprint density at radius 3 is 2.57 bits per heavy atom. The summed E-state index contributed by atoms with van der Waals surface area (Å²) in [4.78, 5) is 23.0. The Kier molecular flexibility index (Phi) is 5.96. The molecule has 168 valence electrons. The Hall–Kier alpha value is -1.12. The highest BCUT2D eigenvalue weighted by atomic mass is 16.4. The number of carboxylic acid groups (broad SMARTS) is 1. The van der Waals surface area contributed by atoms with Crippen LogP contribution < -0.4 is 5.11 Å². The van der Waals surface area contributed by atoms with Crippen LogP contribution in [0.5, 0.6) is 0 Å². The molecule has 4 aliphatic carbocycles. The van der Waals surface area contributed by atoms with Crippen LogP contribution in [0.4, 0.5) is 0 Å². The fraction of sp³-hybridized carbons (Fsp3) is 0.852. The molecule has 0 heterocycles. The van der Waals surface area contributed by atoms with Crippen molar-refractivity contribution in [1.29, 1.82) is 0 Å². The predicted molar refractivity (Wildman–Crippen MR) is 117 cm³/mol. The van der Waals surface area contributed by atoms with E-state index < -0.39 is 5.97 Å². The topological polar surface area (TPSA) is 57.2 Å². The summed E-state index contributed by atoms with van der Waals surface area (Å²) >= 11 is 0. The second-order valence-corrected chi connectivity index (χ2v) is 11.8. The van der Waals surface area contributed by atoms with E-state index in [-0.39, 0.29) is 11.3 Å². The highest BCUT2D eigenvalue weighted by Gasteiger charge is 2.59. The summed E-state index contributed by atoms with van der Waals surface area (Å²) in [6.45, 7) is 9.26. The van der Waals surface area contributed by atoms with Crippen molar-refractivity contribution in [3.8, 4) is 0 Å². The lowest BCUT2D eigenvalue weighted by atomic mass is 9.46. The number of hydrogen-bond acceptors (Lipinski definition) is 3. The third kappa shape index (κ3) is 3.58. The van der Waals surface area contributed by atoms with Gasteiger partial charge in [-0.15, -0.1) is 0 Å². The first-order chi connectivity index (χ1) is 14.2. The Morgan fingerprint density at radius 2 is 1.83 bits per heavy atom. The van der Waals surface area contributed by atoms with Crippen molar-refractivity contribution in [2.75, 3.05) is 0 Å². The zero-order valence-electron chi connectivity index (χ0n) is 19.5. The highest BCUT2D eigenvalue weighted by molar-refractivity contribution is 5.91. The maximum atomic E-state index is 12.0. The van der Waals surface area contributed by atoms with Gasteiger partial charge in [-0.05, 0) is 104 Å². The van der Waals surface area contributed by atoms with E-state index in [9.17, 15) is 14.7 Å². The first-order valence-corrected chi connectivity index (χ1v) is 12.6. The SMILES string of the molecule is C[C@H](CCC[C@H](C)C(=O)[O-])[C@H]1CC[C@H]2[C@@H]3CCC4=CC(=O)CC[C@]4(C)[C@H]3CC[C@]12C. The standard InChI is InChI=1S/C27H42O3/c1-17(6-5-7-18(2)25(29)30)22-10-11-23-21-9-8-19-16-20(28)12-14-26(19,3)24(21)13-15-27(22,23)4/h16-18,21-24H,5-15H2,1-4H3,(H,29,30)/p-1/t17-,18+,21+,22-,23+,24+,26+,27-/m1/s1. The molecule has 3 saturated carbocycles. The number of carbonyl (C=O) groups is 2. The maximum Gasteiger partial charge on any atom is 0.155 e. The quantitative estimate of drug-likeness (QED) is 0.591. The maximum absolute atomic E-state index is 12.0. The van der Waals surface area contributed by atoms with Gasteiger partial charge in [0.1, 0.15) is 0 Å². The Bertz CT molecular complexity index is 724. The second-order valence-electron chi connectivity index (χ2n) is 11.8. The van der Waals surface area contributed by atoms with Crippen LogP contribution in [0.15, 0.2) is 11.6 Å². The van der Waals surface area contributed by atoms with Gasteiger partial charge in [0.25, 0.3) is 0 Å². The first kappa shape index (κ1) is 22.1. The Labute approximate surface area is 183 Å². The number of aliphatic carboxylic acids is 1. The number of allylic oxidation sites excluding steroid dienone is 1. The van der Waals surface area contributed by atoms with Gasteiger partial charge in [-0.25, -0.2) is 0 Å². The molecule has 0 N–H and O–H groups in total. The second kappa shape index (κ2) is 8.10. The fourth-order valence-corrected chi connectivity index (χ4v) is 8.60. The van der Waals surface area contributed by atoms with E-state index >= 15 is 0 Å².